The second-order valence-electron chi connectivity index (χ2n) is 5.21. The van der Waals surface area contributed by atoms with Crippen LogP contribution in [0.3, 0.4) is 0 Å². The Kier molecular flexibility index (Phi) is 5.73. The fourth-order valence-corrected chi connectivity index (χ4v) is 2.88. The molecule has 5 nitrogen and oxygen atoms in total. The fraction of sp³-hybridized carbons (Fsp3) is 0.733. The average molecular weight is 278 g/mol. The minimum absolute atomic E-state index is 0.506. The summed E-state index contributed by atoms with van der Waals surface area (Å²) in [5.74, 6) is 1.09. The molecule has 0 fully saturated rings. The highest BCUT2D eigenvalue weighted by molar-refractivity contribution is 5.50. The van der Waals surface area contributed by atoms with Gasteiger partial charge in [-0.15, -0.1) is 0 Å². The first-order chi connectivity index (χ1) is 9.81. The standard InChI is InChI=1S/C15H26N4O/c1-4-12(5-2)19(8-9-20-3)15-13-10-16-7-6-14(13)17-11-18-15/h11-12,16H,4-10H2,1-3H3. The molecule has 1 aromatic heterocycles. The normalized spacial score (nSPS) is 14.4. The molecule has 0 saturated carbocycles. The Labute approximate surface area is 121 Å². The molecule has 0 atom stereocenters. The molecule has 2 rings (SSSR count). The number of ether oxygens (including phenoxy) is 1. The third-order valence-electron chi connectivity index (χ3n) is 4.04. The van der Waals surface area contributed by atoms with Crippen LogP contribution in [0, 0.1) is 0 Å². The molecule has 0 spiro atoms. The highest BCUT2D eigenvalue weighted by Gasteiger charge is 2.23. The molecule has 1 aliphatic heterocycles. The zero-order valence-electron chi connectivity index (χ0n) is 12.9. The van der Waals surface area contributed by atoms with Gasteiger partial charge in [0.15, 0.2) is 0 Å². The van der Waals surface area contributed by atoms with Gasteiger partial charge in [0.2, 0.25) is 0 Å². The van der Waals surface area contributed by atoms with Gasteiger partial charge in [-0.2, -0.15) is 0 Å². The van der Waals surface area contributed by atoms with Crippen LogP contribution in [0.25, 0.3) is 0 Å². The van der Waals surface area contributed by atoms with E-state index in [0.717, 1.165) is 51.3 Å². The second-order valence-corrected chi connectivity index (χ2v) is 5.21. The number of rotatable bonds is 7. The van der Waals surface area contributed by atoms with Crippen molar-refractivity contribution in [2.24, 2.45) is 0 Å². The Hall–Kier alpha value is -1.20. The molecular weight excluding hydrogens is 252 g/mol. The SMILES string of the molecule is CCC(CC)N(CCOC)c1ncnc2c1CNCC2. The molecule has 1 N–H and O–H groups in total. The third-order valence-corrected chi connectivity index (χ3v) is 4.04. The molecule has 1 aromatic rings. The van der Waals surface area contributed by atoms with Crippen molar-refractivity contribution in [1.82, 2.24) is 15.3 Å². The number of hydrogen-bond acceptors (Lipinski definition) is 5. The lowest BCUT2D eigenvalue weighted by molar-refractivity contribution is 0.202. The molecule has 2 heterocycles. The van der Waals surface area contributed by atoms with Crippen LogP contribution < -0.4 is 10.2 Å². The van der Waals surface area contributed by atoms with Crippen LogP contribution in [-0.4, -0.2) is 42.8 Å². The van der Waals surface area contributed by atoms with Gasteiger partial charge in [-0.05, 0) is 12.8 Å². The molecule has 0 unspecified atom stereocenters. The van der Waals surface area contributed by atoms with E-state index in [2.05, 4.69) is 34.0 Å². The summed E-state index contributed by atoms with van der Waals surface area (Å²) in [4.78, 5) is 11.4. The Balaban J connectivity index is 2.32. The van der Waals surface area contributed by atoms with Crippen LogP contribution in [0.1, 0.15) is 37.9 Å². The molecule has 0 amide bonds. The number of nitrogens with zero attached hydrogens (tertiary/aromatic N) is 3. The fourth-order valence-electron chi connectivity index (χ4n) is 2.88. The van der Waals surface area contributed by atoms with E-state index in [1.54, 1.807) is 13.4 Å². The lowest BCUT2D eigenvalue weighted by atomic mass is 10.1. The quantitative estimate of drug-likeness (QED) is 0.823. The highest BCUT2D eigenvalue weighted by atomic mass is 16.5. The van der Waals surface area contributed by atoms with Crippen molar-refractivity contribution < 1.29 is 4.74 Å². The van der Waals surface area contributed by atoms with Gasteiger partial charge in [0.25, 0.3) is 0 Å². The van der Waals surface area contributed by atoms with Gasteiger partial charge in [-0.1, -0.05) is 13.8 Å². The largest absolute Gasteiger partial charge is 0.383 e. The van der Waals surface area contributed by atoms with Crippen molar-refractivity contribution >= 4 is 5.82 Å². The van der Waals surface area contributed by atoms with Crippen molar-refractivity contribution in [2.45, 2.75) is 45.7 Å². The van der Waals surface area contributed by atoms with Gasteiger partial charge in [-0.25, -0.2) is 9.97 Å². The van der Waals surface area contributed by atoms with Crippen molar-refractivity contribution in [3.05, 3.63) is 17.6 Å². The van der Waals surface area contributed by atoms with Crippen LogP contribution in [0.15, 0.2) is 6.33 Å². The molecule has 0 bridgehead atoms. The first kappa shape index (κ1) is 15.2. The molecule has 0 radical (unpaired) electrons. The highest BCUT2D eigenvalue weighted by Crippen LogP contribution is 2.25. The van der Waals surface area contributed by atoms with Crippen molar-refractivity contribution in [1.29, 1.82) is 0 Å². The summed E-state index contributed by atoms with van der Waals surface area (Å²) in [6.45, 7) is 7.95. The van der Waals surface area contributed by atoms with Crippen LogP contribution in [-0.2, 0) is 17.7 Å². The number of aromatic nitrogens is 2. The van der Waals surface area contributed by atoms with Gasteiger partial charge in [-0.3, -0.25) is 0 Å². The first-order valence-electron chi connectivity index (χ1n) is 7.60. The Morgan fingerprint density at radius 3 is 2.85 bits per heavy atom. The average Bonchev–Trinajstić information content (AvgIpc) is 2.51. The minimum atomic E-state index is 0.506. The van der Waals surface area contributed by atoms with Gasteiger partial charge in [0.05, 0.1) is 12.3 Å². The zero-order chi connectivity index (χ0) is 14.4. The maximum absolute atomic E-state index is 5.28. The summed E-state index contributed by atoms with van der Waals surface area (Å²) in [7, 11) is 1.75. The molecule has 112 valence electrons. The number of methoxy groups -OCH3 is 1. The lowest BCUT2D eigenvalue weighted by Gasteiger charge is -2.34. The Morgan fingerprint density at radius 2 is 2.15 bits per heavy atom. The van der Waals surface area contributed by atoms with E-state index in [4.69, 9.17) is 4.74 Å². The van der Waals surface area contributed by atoms with Gasteiger partial charge in [0.1, 0.15) is 12.1 Å². The van der Waals surface area contributed by atoms with E-state index in [1.807, 2.05) is 0 Å². The van der Waals surface area contributed by atoms with E-state index < -0.39 is 0 Å². The summed E-state index contributed by atoms with van der Waals surface area (Å²) in [6, 6.07) is 0.506. The molecule has 1 aliphatic rings. The number of nitrogens with one attached hydrogen (secondary N) is 1. The van der Waals surface area contributed by atoms with E-state index >= 15 is 0 Å². The summed E-state index contributed by atoms with van der Waals surface area (Å²) in [6.07, 6.45) is 4.94. The monoisotopic (exact) mass is 278 g/mol. The van der Waals surface area contributed by atoms with Crippen molar-refractivity contribution in [2.75, 3.05) is 31.7 Å². The smallest absolute Gasteiger partial charge is 0.137 e. The molecular formula is C15H26N4O. The van der Waals surface area contributed by atoms with Crippen LogP contribution in [0.2, 0.25) is 0 Å². The molecule has 20 heavy (non-hydrogen) atoms. The van der Waals surface area contributed by atoms with Crippen molar-refractivity contribution in [3.8, 4) is 0 Å². The maximum Gasteiger partial charge on any atom is 0.137 e. The summed E-state index contributed by atoms with van der Waals surface area (Å²) in [5.41, 5.74) is 2.46. The Morgan fingerprint density at radius 1 is 1.35 bits per heavy atom. The van der Waals surface area contributed by atoms with Crippen LogP contribution >= 0.6 is 0 Å². The van der Waals surface area contributed by atoms with Crippen molar-refractivity contribution in [3.63, 3.8) is 0 Å². The third kappa shape index (κ3) is 3.27. The number of anilines is 1. The number of hydrogen-bond donors (Lipinski definition) is 1. The predicted octanol–water partition coefficient (Wildman–Crippen LogP) is 1.76. The second kappa shape index (κ2) is 7.55. The van der Waals surface area contributed by atoms with Crippen LogP contribution in [0.5, 0.6) is 0 Å². The first-order valence-corrected chi connectivity index (χ1v) is 7.60. The van der Waals surface area contributed by atoms with Gasteiger partial charge < -0.3 is 15.0 Å². The predicted molar refractivity (Wildman–Crippen MR) is 81.0 cm³/mol. The van der Waals surface area contributed by atoms with Gasteiger partial charge in [0, 0.05) is 44.8 Å². The molecule has 0 saturated heterocycles. The Bertz CT molecular complexity index is 420. The lowest BCUT2D eigenvalue weighted by Crippen LogP contribution is -2.39. The van der Waals surface area contributed by atoms with E-state index in [-0.39, 0.29) is 0 Å². The van der Waals surface area contributed by atoms with E-state index in [9.17, 15) is 0 Å². The zero-order valence-corrected chi connectivity index (χ0v) is 12.9. The summed E-state index contributed by atoms with van der Waals surface area (Å²) < 4.78 is 5.28. The number of fused-ring (bicyclic) bond motifs is 1. The van der Waals surface area contributed by atoms with Gasteiger partial charge >= 0.3 is 0 Å². The molecule has 5 heteroatoms. The van der Waals surface area contributed by atoms with E-state index in [1.165, 1.54) is 11.3 Å². The van der Waals surface area contributed by atoms with E-state index in [0.29, 0.717) is 6.04 Å². The summed E-state index contributed by atoms with van der Waals surface area (Å²) >= 11 is 0. The topological polar surface area (TPSA) is 50.3 Å². The molecule has 0 aliphatic carbocycles. The minimum Gasteiger partial charge on any atom is -0.383 e. The summed E-state index contributed by atoms with van der Waals surface area (Å²) in [5, 5.41) is 3.43. The maximum atomic E-state index is 5.28. The molecule has 0 aromatic carbocycles. The van der Waals surface area contributed by atoms with Crippen LogP contribution in [0.4, 0.5) is 5.82 Å².